The van der Waals surface area contributed by atoms with E-state index in [0.717, 1.165) is 22.4 Å². The van der Waals surface area contributed by atoms with E-state index < -0.39 is 5.60 Å². The summed E-state index contributed by atoms with van der Waals surface area (Å²) in [6.45, 7) is 12.9. The van der Waals surface area contributed by atoms with Gasteiger partial charge in [-0.2, -0.15) is 5.26 Å². The van der Waals surface area contributed by atoms with Crippen molar-refractivity contribution in [3.05, 3.63) is 42.0 Å². The summed E-state index contributed by atoms with van der Waals surface area (Å²) in [4.78, 5) is 30.3. The SMILES string of the molecule is Cc1cn(-c2cc(C#N)ccn2)c2ncnc(N3C[C@@H](C)N(C(=O)OC(C)(C)C)C[C@@H]3C)c12. The number of fused-ring (bicyclic) bond motifs is 1. The predicted octanol–water partition coefficient (Wildman–Crippen LogP) is 3.83. The van der Waals surface area contributed by atoms with Crippen LogP contribution in [0.5, 0.6) is 0 Å². The van der Waals surface area contributed by atoms with Crippen LogP contribution in [-0.2, 0) is 4.74 Å². The Bertz CT molecular complexity index is 1240. The van der Waals surface area contributed by atoms with Gasteiger partial charge in [-0.3, -0.25) is 4.57 Å². The van der Waals surface area contributed by atoms with Crippen molar-refractivity contribution in [2.75, 3.05) is 18.0 Å². The maximum Gasteiger partial charge on any atom is 0.410 e. The van der Waals surface area contributed by atoms with E-state index in [1.807, 2.05) is 45.4 Å². The molecule has 4 rings (SSSR count). The van der Waals surface area contributed by atoms with E-state index >= 15 is 0 Å². The second-order valence-corrected chi connectivity index (χ2v) is 9.58. The van der Waals surface area contributed by atoms with Gasteiger partial charge in [-0.1, -0.05) is 0 Å². The normalized spacial score (nSPS) is 18.9. The van der Waals surface area contributed by atoms with E-state index in [4.69, 9.17) is 4.74 Å². The molecule has 3 aromatic heterocycles. The first-order valence-corrected chi connectivity index (χ1v) is 11.0. The highest BCUT2D eigenvalue weighted by Crippen LogP contribution is 2.32. The molecule has 0 bridgehead atoms. The third-order valence-corrected chi connectivity index (χ3v) is 5.76. The zero-order valence-corrected chi connectivity index (χ0v) is 19.9. The molecule has 0 spiro atoms. The quantitative estimate of drug-likeness (QED) is 0.588. The minimum absolute atomic E-state index is 0.0367. The number of hydrogen-bond donors (Lipinski definition) is 0. The lowest BCUT2D eigenvalue weighted by atomic mass is 10.1. The molecule has 1 saturated heterocycles. The molecule has 4 heterocycles. The average molecular weight is 448 g/mol. The molecule has 9 heteroatoms. The third-order valence-electron chi connectivity index (χ3n) is 5.76. The van der Waals surface area contributed by atoms with Crippen LogP contribution >= 0.6 is 0 Å². The summed E-state index contributed by atoms with van der Waals surface area (Å²) in [5.74, 6) is 1.46. The van der Waals surface area contributed by atoms with Crippen molar-refractivity contribution in [3.63, 3.8) is 0 Å². The molecule has 0 radical (unpaired) electrons. The molecule has 172 valence electrons. The number of pyridine rings is 1. The summed E-state index contributed by atoms with van der Waals surface area (Å²) in [6, 6.07) is 5.57. The van der Waals surface area contributed by atoms with E-state index in [0.29, 0.717) is 24.5 Å². The van der Waals surface area contributed by atoms with Crippen LogP contribution in [0, 0.1) is 18.3 Å². The fourth-order valence-electron chi connectivity index (χ4n) is 4.23. The molecule has 3 aromatic rings. The van der Waals surface area contributed by atoms with E-state index in [1.165, 1.54) is 0 Å². The number of piperazine rings is 1. The topological polar surface area (TPSA) is 100 Å². The van der Waals surface area contributed by atoms with E-state index in [2.05, 4.69) is 32.8 Å². The van der Waals surface area contributed by atoms with Crippen LogP contribution in [0.4, 0.5) is 10.6 Å². The van der Waals surface area contributed by atoms with Gasteiger partial charge in [-0.15, -0.1) is 0 Å². The van der Waals surface area contributed by atoms with E-state index in [9.17, 15) is 10.1 Å². The maximum absolute atomic E-state index is 12.7. The Morgan fingerprint density at radius 2 is 1.94 bits per heavy atom. The van der Waals surface area contributed by atoms with Gasteiger partial charge in [0.25, 0.3) is 0 Å². The molecule has 1 fully saturated rings. The smallest absolute Gasteiger partial charge is 0.410 e. The van der Waals surface area contributed by atoms with Gasteiger partial charge in [0.05, 0.1) is 17.0 Å². The standard InChI is InChI=1S/C24H29N7O2/c1-15-11-31(19-9-18(10-25)7-8-26-19)22-20(15)21(27-14-28-22)29-12-17(3)30(13-16(29)2)23(32)33-24(4,5)6/h7-9,11,14,16-17H,12-13H2,1-6H3/t16-,17+/m0/s1. The highest BCUT2D eigenvalue weighted by molar-refractivity contribution is 5.92. The number of amides is 1. The summed E-state index contributed by atoms with van der Waals surface area (Å²) in [7, 11) is 0. The zero-order valence-electron chi connectivity index (χ0n) is 19.9. The van der Waals surface area contributed by atoms with Crippen LogP contribution in [0.3, 0.4) is 0 Å². The van der Waals surface area contributed by atoms with Crippen molar-refractivity contribution in [3.8, 4) is 11.9 Å². The molecule has 1 aliphatic rings. The number of hydrogen-bond acceptors (Lipinski definition) is 7. The van der Waals surface area contributed by atoms with Crippen molar-refractivity contribution in [2.24, 2.45) is 0 Å². The van der Waals surface area contributed by atoms with E-state index in [1.54, 1.807) is 29.6 Å². The Hall–Kier alpha value is -3.67. The monoisotopic (exact) mass is 447 g/mol. The summed E-state index contributed by atoms with van der Waals surface area (Å²) >= 11 is 0. The van der Waals surface area contributed by atoms with Crippen LogP contribution in [0.15, 0.2) is 30.9 Å². The largest absolute Gasteiger partial charge is 0.444 e. The molecule has 0 saturated carbocycles. The van der Waals surface area contributed by atoms with Gasteiger partial charge in [0, 0.05) is 37.6 Å². The molecular formula is C24H29N7O2. The summed E-state index contributed by atoms with van der Waals surface area (Å²) in [6.07, 6.45) is 4.85. The van der Waals surface area contributed by atoms with Crippen LogP contribution in [0.25, 0.3) is 16.9 Å². The minimum atomic E-state index is -0.535. The van der Waals surface area contributed by atoms with Crippen LogP contribution in [0.1, 0.15) is 45.7 Å². The maximum atomic E-state index is 12.7. The Balaban J connectivity index is 1.69. The number of nitriles is 1. The van der Waals surface area contributed by atoms with Crippen LogP contribution in [0.2, 0.25) is 0 Å². The highest BCUT2D eigenvalue weighted by Gasteiger charge is 2.36. The number of anilines is 1. The number of aryl methyl sites for hydroxylation is 1. The Labute approximate surface area is 193 Å². The summed E-state index contributed by atoms with van der Waals surface area (Å²) < 4.78 is 7.50. The van der Waals surface area contributed by atoms with Gasteiger partial charge < -0.3 is 14.5 Å². The number of aromatic nitrogens is 4. The third kappa shape index (κ3) is 4.33. The van der Waals surface area contributed by atoms with Crippen molar-refractivity contribution in [1.82, 2.24) is 24.4 Å². The second-order valence-electron chi connectivity index (χ2n) is 9.58. The fraction of sp³-hybridized carbons (Fsp3) is 0.458. The minimum Gasteiger partial charge on any atom is -0.444 e. The van der Waals surface area contributed by atoms with Gasteiger partial charge in [-0.25, -0.2) is 19.7 Å². The molecule has 9 nitrogen and oxygen atoms in total. The first-order chi connectivity index (χ1) is 15.6. The molecule has 0 aliphatic carbocycles. The molecule has 33 heavy (non-hydrogen) atoms. The number of ether oxygens (including phenoxy) is 1. The molecular weight excluding hydrogens is 418 g/mol. The molecule has 1 amide bonds. The van der Waals surface area contributed by atoms with Crippen LogP contribution in [-0.4, -0.2) is 61.3 Å². The Kier molecular flexibility index (Phi) is 5.70. The van der Waals surface area contributed by atoms with Gasteiger partial charge in [-0.05, 0) is 59.2 Å². The van der Waals surface area contributed by atoms with Crippen molar-refractivity contribution >= 4 is 22.9 Å². The highest BCUT2D eigenvalue weighted by atomic mass is 16.6. The van der Waals surface area contributed by atoms with Gasteiger partial charge >= 0.3 is 6.09 Å². The first kappa shape index (κ1) is 22.5. The second kappa shape index (κ2) is 8.35. The molecule has 0 N–H and O–H groups in total. The molecule has 1 aliphatic heterocycles. The summed E-state index contributed by atoms with van der Waals surface area (Å²) in [5.41, 5.74) is 1.75. The van der Waals surface area contributed by atoms with Gasteiger partial charge in [0.15, 0.2) is 5.65 Å². The number of rotatable bonds is 2. The zero-order chi connectivity index (χ0) is 23.9. The number of carbonyl (C=O) groups excluding carboxylic acids is 1. The lowest BCUT2D eigenvalue weighted by Gasteiger charge is -2.44. The lowest BCUT2D eigenvalue weighted by molar-refractivity contribution is 0.0130. The number of nitrogens with zero attached hydrogens (tertiary/aromatic N) is 7. The van der Waals surface area contributed by atoms with E-state index in [-0.39, 0.29) is 18.2 Å². The predicted molar refractivity (Wildman–Crippen MR) is 125 cm³/mol. The average Bonchev–Trinajstić information content (AvgIpc) is 3.11. The summed E-state index contributed by atoms with van der Waals surface area (Å²) in [5, 5.41) is 10.2. The fourth-order valence-corrected chi connectivity index (χ4v) is 4.23. The molecule has 0 aromatic carbocycles. The molecule has 0 unspecified atom stereocenters. The van der Waals surface area contributed by atoms with Crippen molar-refractivity contribution in [2.45, 2.75) is 59.2 Å². The van der Waals surface area contributed by atoms with Crippen molar-refractivity contribution < 1.29 is 9.53 Å². The van der Waals surface area contributed by atoms with Crippen LogP contribution < -0.4 is 4.90 Å². The molecule has 2 atom stereocenters. The van der Waals surface area contributed by atoms with Gasteiger partial charge in [0.2, 0.25) is 0 Å². The van der Waals surface area contributed by atoms with Gasteiger partial charge in [0.1, 0.15) is 23.6 Å². The Morgan fingerprint density at radius 3 is 2.64 bits per heavy atom. The lowest BCUT2D eigenvalue weighted by Crippen LogP contribution is -2.59. The number of carbonyl (C=O) groups is 1. The Morgan fingerprint density at radius 1 is 1.18 bits per heavy atom. The van der Waals surface area contributed by atoms with Crippen molar-refractivity contribution in [1.29, 1.82) is 5.26 Å². The first-order valence-electron chi connectivity index (χ1n) is 11.0.